The van der Waals surface area contributed by atoms with Crippen LogP contribution < -0.4 is 5.56 Å². The van der Waals surface area contributed by atoms with Gasteiger partial charge in [-0.05, 0) is 108 Å². The van der Waals surface area contributed by atoms with Crippen LogP contribution in [0.5, 0.6) is 0 Å². The molecule has 0 aliphatic heterocycles. The van der Waals surface area contributed by atoms with Gasteiger partial charge < -0.3 is 0 Å². The first kappa shape index (κ1) is 29.2. The van der Waals surface area contributed by atoms with Gasteiger partial charge in [-0.2, -0.15) is 0 Å². The monoisotopic (exact) mass is 679 g/mol. The average molecular weight is 680 g/mol. The third-order valence-electron chi connectivity index (χ3n) is 10.8. The molecule has 0 aliphatic rings. The van der Waals surface area contributed by atoms with Crippen molar-refractivity contribution in [2.75, 3.05) is 0 Å². The Morgan fingerprint density at radius 3 is 1.62 bits per heavy atom. The zero-order valence-electron chi connectivity index (χ0n) is 28.0. The van der Waals surface area contributed by atoms with Crippen LogP contribution in [-0.2, 0) is 0 Å². The maximum absolute atomic E-state index is 13.8. The quantitative estimate of drug-likeness (QED) is 0.170. The van der Waals surface area contributed by atoms with Gasteiger partial charge in [-0.25, -0.2) is 0 Å². The summed E-state index contributed by atoms with van der Waals surface area (Å²) in [6.07, 6.45) is 0. The minimum Gasteiger partial charge on any atom is -0.276 e. The second kappa shape index (κ2) is 11.2. The molecule has 0 unspecified atom stereocenters. The van der Waals surface area contributed by atoms with Crippen molar-refractivity contribution in [3.63, 3.8) is 0 Å². The van der Waals surface area contributed by atoms with E-state index < -0.39 is 0 Å². The Labute approximate surface area is 303 Å². The molecule has 3 heteroatoms. The molecule has 52 heavy (non-hydrogen) atoms. The van der Waals surface area contributed by atoms with Crippen molar-refractivity contribution in [1.82, 2.24) is 4.57 Å². The summed E-state index contributed by atoms with van der Waals surface area (Å²) in [5.41, 5.74) is 6.54. The second-order valence-corrected chi connectivity index (χ2v) is 14.7. The van der Waals surface area contributed by atoms with Crippen LogP contribution in [-0.4, -0.2) is 4.57 Å². The minimum atomic E-state index is -0.00485. The van der Waals surface area contributed by atoms with E-state index in [1.165, 1.54) is 63.6 Å². The van der Waals surface area contributed by atoms with Crippen LogP contribution in [0.2, 0.25) is 0 Å². The summed E-state index contributed by atoms with van der Waals surface area (Å²) >= 11 is 1.88. The van der Waals surface area contributed by atoms with Crippen molar-refractivity contribution in [1.29, 1.82) is 0 Å². The molecule has 0 amide bonds. The van der Waals surface area contributed by atoms with Gasteiger partial charge in [0.15, 0.2) is 0 Å². The van der Waals surface area contributed by atoms with Gasteiger partial charge in [-0.15, -0.1) is 11.3 Å². The first-order valence-electron chi connectivity index (χ1n) is 17.6. The van der Waals surface area contributed by atoms with E-state index in [2.05, 4.69) is 127 Å². The summed E-state index contributed by atoms with van der Waals surface area (Å²) in [4.78, 5) is 13.8. The number of para-hydroxylation sites is 1. The van der Waals surface area contributed by atoms with Gasteiger partial charge in [-0.1, -0.05) is 127 Å². The number of hydrogen-bond donors (Lipinski definition) is 0. The molecule has 0 radical (unpaired) electrons. The lowest BCUT2D eigenvalue weighted by molar-refractivity contribution is 1.06. The molecule has 2 heterocycles. The highest BCUT2D eigenvalue weighted by Crippen LogP contribution is 2.43. The highest BCUT2D eigenvalue weighted by atomic mass is 32.1. The van der Waals surface area contributed by atoms with Crippen molar-refractivity contribution < 1.29 is 0 Å². The second-order valence-electron chi connectivity index (χ2n) is 13.6. The number of thiophene rings is 1. The first-order valence-corrected chi connectivity index (χ1v) is 18.5. The molecule has 0 spiro atoms. The summed E-state index contributed by atoms with van der Waals surface area (Å²) in [5, 5.41) is 12.9. The molecule has 0 N–H and O–H groups in total. The van der Waals surface area contributed by atoms with Crippen LogP contribution in [0.4, 0.5) is 0 Å². The predicted octanol–water partition coefficient (Wildman–Crippen LogP) is 13.3. The number of nitrogens with zero attached hydrogens (tertiary/aromatic N) is 1. The maximum atomic E-state index is 13.8. The van der Waals surface area contributed by atoms with Crippen LogP contribution in [0.3, 0.4) is 0 Å². The lowest BCUT2D eigenvalue weighted by Crippen LogP contribution is -2.19. The van der Waals surface area contributed by atoms with Crippen LogP contribution in [0.15, 0.2) is 181 Å². The molecule has 0 saturated heterocycles. The Morgan fingerprint density at radius 1 is 0.365 bits per heavy atom. The molecule has 11 aromatic rings. The zero-order valence-corrected chi connectivity index (χ0v) is 28.8. The summed E-state index contributed by atoms with van der Waals surface area (Å²) in [6, 6.07) is 62.5. The van der Waals surface area contributed by atoms with E-state index in [9.17, 15) is 4.79 Å². The summed E-state index contributed by atoms with van der Waals surface area (Å²) in [6.45, 7) is 0. The SMILES string of the molecule is O=c1c2ccccc2c2cc(-c3ccc4c5ccc(-c6cccc7c6sc6ccccc67)cc5c5ccccc5c4c3)ccc2n1-c1ccccc1. The minimum absolute atomic E-state index is 0.00485. The topological polar surface area (TPSA) is 22.0 Å². The average Bonchev–Trinajstić information content (AvgIpc) is 3.60. The summed E-state index contributed by atoms with van der Waals surface area (Å²) < 4.78 is 4.50. The fraction of sp³-hybridized carbons (Fsp3) is 0. The smallest absolute Gasteiger partial charge is 0.263 e. The molecule has 9 aromatic carbocycles. The third kappa shape index (κ3) is 4.27. The number of benzene rings is 9. The zero-order chi connectivity index (χ0) is 34.3. The molecule has 2 aromatic heterocycles. The van der Waals surface area contributed by atoms with Crippen LogP contribution in [0, 0.1) is 0 Å². The Balaban J connectivity index is 1.12. The van der Waals surface area contributed by atoms with Crippen molar-refractivity contribution >= 4 is 85.5 Å². The number of aromatic nitrogens is 1. The van der Waals surface area contributed by atoms with Crippen LogP contribution in [0.25, 0.3) is 102 Å². The van der Waals surface area contributed by atoms with Crippen molar-refractivity contribution in [3.05, 3.63) is 186 Å². The van der Waals surface area contributed by atoms with Crippen LogP contribution >= 0.6 is 11.3 Å². The lowest BCUT2D eigenvalue weighted by atomic mass is 9.90. The van der Waals surface area contributed by atoms with E-state index in [4.69, 9.17) is 0 Å². The van der Waals surface area contributed by atoms with Crippen molar-refractivity contribution in [2.45, 2.75) is 0 Å². The molecule has 0 atom stereocenters. The van der Waals surface area contributed by atoms with Gasteiger partial charge >= 0.3 is 0 Å². The largest absolute Gasteiger partial charge is 0.276 e. The highest BCUT2D eigenvalue weighted by molar-refractivity contribution is 7.26. The fourth-order valence-corrected chi connectivity index (χ4v) is 9.61. The molecule has 0 fully saturated rings. The van der Waals surface area contributed by atoms with Gasteiger partial charge in [0, 0.05) is 36.6 Å². The van der Waals surface area contributed by atoms with Gasteiger partial charge in [-0.3, -0.25) is 9.36 Å². The summed E-state index contributed by atoms with van der Waals surface area (Å²) in [7, 11) is 0. The van der Waals surface area contributed by atoms with Gasteiger partial charge in [0.2, 0.25) is 0 Å². The predicted molar refractivity (Wildman–Crippen MR) is 223 cm³/mol. The first-order chi connectivity index (χ1) is 25.7. The molecular weight excluding hydrogens is 651 g/mol. The van der Waals surface area contributed by atoms with E-state index in [1.807, 2.05) is 64.4 Å². The van der Waals surface area contributed by atoms with Crippen LogP contribution in [0.1, 0.15) is 0 Å². The normalized spacial score (nSPS) is 11.9. The Hall–Kier alpha value is -6.55. The van der Waals surface area contributed by atoms with E-state index in [1.54, 1.807) is 0 Å². The van der Waals surface area contributed by atoms with E-state index in [-0.39, 0.29) is 5.56 Å². The van der Waals surface area contributed by atoms with Gasteiger partial charge in [0.05, 0.1) is 5.52 Å². The maximum Gasteiger partial charge on any atom is 0.263 e. The van der Waals surface area contributed by atoms with E-state index >= 15 is 0 Å². The Morgan fingerprint density at radius 2 is 0.885 bits per heavy atom. The highest BCUT2D eigenvalue weighted by Gasteiger charge is 2.16. The third-order valence-corrected chi connectivity index (χ3v) is 12.0. The van der Waals surface area contributed by atoms with Crippen molar-refractivity contribution in [2.24, 2.45) is 0 Å². The molecule has 0 saturated carbocycles. The van der Waals surface area contributed by atoms with Gasteiger partial charge in [0.25, 0.3) is 5.56 Å². The van der Waals surface area contributed by atoms with Crippen molar-refractivity contribution in [3.8, 4) is 27.9 Å². The number of rotatable bonds is 3. The number of pyridine rings is 1. The van der Waals surface area contributed by atoms with E-state index in [0.717, 1.165) is 38.5 Å². The lowest BCUT2D eigenvalue weighted by Gasteiger charge is -2.16. The molecule has 242 valence electrons. The molecule has 2 nitrogen and oxygen atoms in total. The summed E-state index contributed by atoms with van der Waals surface area (Å²) in [5.74, 6) is 0. The molecular formula is C49H29NOS. The Bertz CT molecular complexity index is 3300. The van der Waals surface area contributed by atoms with E-state index in [0.29, 0.717) is 0 Å². The Kier molecular flexibility index (Phi) is 6.31. The fourth-order valence-electron chi connectivity index (χ4n) is 8.37. The standard InChI is InChI=1S/C49H29NOS/c51-49-42-17-7-6-15-37(42)45-28-31(23-26-46(45)50(49)33-11-2-1-3-12-33)30-21-24-38-39-25-22-32(29-44(39)36-14-5-4-13-35(36)43(38)27-30)34-18-10-19-41-40-16-8-9-20-47(40)52-48(34)41/h1-29H. The number of fused-ring (bicyclic) bond motifs is 12. The molecule has 0 bridgehead atoms. The molecule has 11 rings (SSSR count). The molecule has 0 aliphatic carbocycles. The van der Waals surface area contributed by atoms with Gasteiger partial charge in [0.1, 0.15) is 0 Å². The number of hydrogen-bond acceptors (Lipinski definition) is 2.